The van der Waals surface area contributed by atoms with E-state index in [-0.39, 0.29) is 12.2 Å². The van der Waals surface area contributed by atoms with Crippen LogP contribution in [0, 0.1) is 0 Å². The minimum Gasteiger partial charge on any atom is -0.495 e. The summed E-state index contributed by atoms with van der Waals surface area (Å²) < 4.78 is 6.76. The summed E-state index contributed by atoms with van der Waals surface area (Å²) in [5, 5.41) is 4.17. The summed E-state index contributed by atoms with van der Waals surface area (Å²) in [5.74, 6) is 0.451. The fourth-order valence-electron chi connectivity index (χ4n) is 1.78. The first-order valence-corrected chi connectivity index (χ1v) is 5.56. The molecule has 5 heteroatoms. The van der Waals surface area contributed by atoms with E-state index in [0.29, 0.717) is 17.0 Å². The number of aromatic nitrogens is 2. The van der Waals surface area contributed by atoms with Crippen LogP contribution in [0.25, 0.3) is 0 Å². The molecule has 0 radical (unpaired) electrons. The van der Waals surface area contributed by atoms with Gasteiger partial charge in [-0.25, -0.2) is 0 Å². The topological polar surface area (TPSA) is 70.1 Å². The number of carbonyl (C=O) groups is 1. The van der Waals surface area contributed by atoms with Gasteiger partial charge in [0.2, 0.25) is 0 Å². The van der Waals surface area contributed by atoms with Gasteiger partial charge in [0, 0.05) is 18.8 Å². The normalized spacial score (nSPS) is 10.3. The van der Waals surface area contributed by atoms with Gasteiger partial charge < -0.3 is 10.5 Å². The second-order valence-electron chi connectivity index (χ2n) is 4.00. The number of benzene rings is 1. The number of carbonyl (C=O) groups excluding carboxylic acids is 1. The Bertz CT molecular complexity index is 575. The zero-order chi connectivity index (χ0) is 13.1. The summed E-state index contributed by atoms with van der Waals surface area (Å²) in [6.07, 6.45) is 2.04. The third kappa shape index (κ3) is 2.34. The van der Waals surface area contributed by atoms with Crippen LogP contribution < -0.4 is 10.5 Å². The van der Waals surface area contributed by atoms with Crippen molar-refractivity contribution in [1.29, 1.82) is 0 Å². The van der Waals surface area contributed by atoms with Crippen LogP contribution in [-0.4, -0.2) is 22.7 Å². The van der Waals surface area contributed by atoms with Crippen molar-refractivity contribution in [3.05, 3.63) is 41.7 Å². The lowest BCUT2D eigenvalue weighted by molar-refractivity contribution is 0.0992. The molecule has 2 N–H and O–H groups in total. The number of anilines is 1. The van der Waals surface area contributed by atoms with Gasteiger partial charge in [-0.3, -0.25) is 9.48 Å². The van der Waals surface area contributed by atoms with Crippen LogP contribution in [-0.2, 0) is 13.5 Å². The summed E-state index contributed by atoms with van der Waals surface area (Å²) in [6.45, 7) is 0. The Kier molecular flexibility index (Phi) is 3.32. The van der Waals surface area contributed by atoms with E-state index in [1.54, 1.807) is 29.1 Å². The summed E-state index contributed by atoms with van der Waals surface area (Å²) >= 11 is 0. The first-order valence-electron chi connectivity index (χ1n) is 5.56. The molecule has 0 saturated heterocycles. The van der Waals surface area contributed by atoms with Crippen LogP contribution >= 0.6 is 0 Å². The van der Waals surface area contributed by atoms with Gasteiger partial charge in [-0.05, 0) is 18.2 Å². The largest absolute Gasteiger partial charge is 0.495 e. The lowest BCUT2D eigenvalue weighted by Crippen LogP contribution is -2.08. The number of hydrogen-bond acceptors (Lipinski definition) is 4. The zero-order valence-corrected chi connectivity index (χ0v) is 10.4. The van der Waals surface area contributed by atoms with Crippen molar-refractivity contribution >= 4 is 11.5 Å². The van der Waals surface area contributed by atoms with E-state index < -0.39 is 0 Å². The molecular weight excluding hydrogens is 230 g/mol. The highest BCUT2D eigenvalue weighted by atomic mass is 16.5. The Morgan fingerprint density at radius 3 is 2.83 bits per heavy atom. The highest BCUT2D eigenvalue weighted by Crippen LogP contribution is 2.25. The molecule has 0 spiro atoms. The number of rotatable bonds is 4. The van der Waals surface area contributed by atoms with E-state index >= 15 is 0 Å². The van der Waals surface area contributed by atoms with Gasteiger partial charge in [-0.2, -0.15) is 5.10 Å². The second kappa shape index (κ2) is 4.91. The first-order chi connectivity index (χ1) is 8.61. The molecule has 1 heterocycles. The predicted molar refractivity (Wildman–Crippen MR) is 68.6 cm³/mol. The predicted octanol–water partition coefficient (Wildman–Crippen LogP) is 1.44. The molecule has 0 saturated carbocycles. The molecule has 2 aromatic rings. The molecule has 0 amide bonds. The Labute approximate surface area is 105 Å². The molecule has 0 bridgehead atoms. The number of ether oxygens (including phenoxy) is 1. The average Bonchev–Trinajstić information content (AvgIpc) is 2.75. The monoisotopic (exact) mass is 245 g/mol. The van der Waals surface area contributed by atoms with E-state index in [1.807, 2.05) is 13.1 Å². The number of hydrogen-bond donors (Lipinski definition) is 1. The zero-order valence-electron chi connectivity index (χ0n) is 10.4. The maximum atomic E-state index is 12.1. The molecule has 18 heavy (non-hydrogen) atoms. The number of nitrogens with two attached hydrogens (primary N) is 1. The second-order valence-corrected chi connectivity index (χ2v) is 4.00. The van der Waals surface area contributed by atoms with Crippen LogP contribution in [0.15, 0.2) is 30.5 Å². The third-order valence-corrected chi connectivity index (χ3v) is 2.70. The first kappa shape index (κ1) is 12.2. The minimum atomic E-state index is -0.0647. The third-order valence-electron chi connectivity index (χ3n) is 2.70. The van der Waals surface area contributed by atoms with Crippen molar-refractivity contribution in [3.8, 4) is 5.75 Å². The maximum Gasteiger partial charge on any atom is 0.171 e. The number of nitrogen functional groups attached to an aromatic ring is 1. The molecular formula is C13H15N3O2. The molecule has 1 aromatic carbocycles. The van der Waals surface area contributed by atoms with Crippen LogP contribution in [0.3, 0.4) is 0 Å². The van der Waals surface area contributed by atoms with Crippen molar-refractivity contribution in [2.45, 2.75) is 6.42 Å². The fraction of sp³-hybridized carbons (Fsp3) is 0.231. The maximum absolute atomic E-state index is 12.1. The van der Waals surface area contributed by atoms with E-state index in [0.717, 1.165) is 5.69 Å². The summed E-state index contributed by atoms with van der Waals surface area (Å²) in [6, 6.07) is 6.99. The number of ketones is 1. The van der Waals surface area contributed by atoms with Crippen LogP contribution in [0.1, 0.15) is 16.1 Å². The van der Waals surface area contributed by atoms with Crippen molar-refractivity contribution in [3.63, 3.8) is 0 Å². The average molecular weight is 245 g/mol. The molecule has 0 unspecified atom stereocenters. The lowest BCUT2D eigenvalue weighted by atomic mass is 10.0. The molecule has 0 fully saturated rings. The van der Waals surface area contributed by atoms with Crippen LogP contribution in [0.4, 0.5) is 5.69 Å². The quantitative estimate of drug-likeness (QED) is 0.653. The highest BCUT2D eigenvalue weighted by molar-refractivity contribution is 6.02. The highest BCUT2D eigenvalue weighted by Gasteiger charge is 2.14. The van der Waals surface area contributed by atoms with Gasteiger partial charge >= 0.3 is 0 Å². The number of methoxy groups -OCH3 is 1. The number of nitrogens with zero attached hydrogens (tertiary/aromatic N) is 2. The van der Waals surface area contributed by atoms with Gasteiger partial charge in [-0.15, -0.1) is 0 Å². The van der Waals surface area contributed by atoms with E-state index in [4.69, 9.17) is 10.5 Å². The van der Waals surface area contributed by atoms with Crippen molar-refractivity contribution in [2.24, 2.45) is 7.05 Å². The van der Waals surface area contributed by atoms with Gasteiger partial charge in [0.25, 0.3) is 0 Å². The smallest absolute Gasteiger partial charge is 0.171 e. The Morgan fingerprint density at radius 1 is 1.44 bits per heavy atom. The van der Waals surface area contributed by atoms with Crippen molar-refractivity contribution in [2.75, 3.05) is 12.8 Å². The molecule has 0 aliphatic heterocycles. The van der Waals surface area contributed by atoms with Gasteiger partial charge in [-0.1, -0.05) is 6.07 Å². The van der Waals surface area contributed by atoms with Crippen LogP contribution in [0.5, 0.6) is 5.75 Å². The molecule has 2 rings (SSSR count). The molecule has 94 valence electrons. The molecule has 0 atom stereocenters. The van der Waals surface area contributed by atoms with Gasteiger partial charge in [0.15, 0.2) is 5.78 Å². The molecule has 1 aromatic heterocycles. The number of aryl methyl sites for hydroxylation is 1. The van der Waals surface area contributed by atoms with Crippen molar-refractivity contribution < 1.29 is 9.53 Å². The van der Waals surface area contributed by atoms with E-state index in [1.165, 1.54) is 7.11 Å². The van der Waals surface area contributed by atoms with Crippen molar-refractivity contribution in [1.82, 2.24) is 9.78 Å². The molecule has 0 aliphatic carbocycles. The van der Waals surface area contributed by atoms with Gasteiger partial charge in [0.1, 0.15) is 5.75 Å². The molecule has 0 aliphatic rings. The Morgan fingerprint density at radius 2 is 2.22 bits per heavy atom. The van der Waals surface area contributed by atoms with E-state index in [9.17, 15) is 4.79 Å². The summed E-state index contributed by atoms with van der Waals surface area (Å²) in [7, 11) is 3.34. The lowest BCUT2D eigenvalue weighted by Gasteiger charge is -2.08. The van der Waals surface area contributed by atoms with Crippen LogP contribution in [0.2, 0.25) is 0 Å². The SMILES string of the molecule is COc1cccc(C(=O)Cc2ccn(C)n2)c1N. The molecule has 5 nitrogen and oxygen atoms in total. The number of Topliss-reactive ketones (excluding diaryl/α,β-unsaturated/α-hetero) is 1. The Balaban J connectivity index is 2.24. The standard InChI is InChI=1S/C13H15N3O2/c1-16-7-6-9(15-16)8-11(17)10-4-3-5-12(18-2)13(10)14/h3-7H,8,14H2,1-2H3. The van der Waals surface area contributed by atoms with Gasteiger partial charge in [0.05, 0.1) is 24.9 Å². The number of para-hydroxylation sites is 1. The Hall–Kier alpha value is -2.30. The minimum absolute atomic E-state index is 0.0647. The summed E-state index contributed by atoms with van der Waals surface area (Å²) in [5.41, 5.74) is 7.46. The summed E-state index contributed by atoms with van der Waals surface area (Å²) in [4.78, 5) is 12.1. The van der Waals surface area contributed by atoms with E-state index in [2.05, 4.69) is 5.10 Å². The fourth-order valence-corrected chi connectivity index (χ4v) is 1.78.